The summed E-state index contributed by atoms with van der Waals surface area (Å²) in [5.74, 6) is 0.840. The Morgan fingerprint density at radius 2 is 2.07 bits per heavy atom. The van der Waals surface area contributed by atoms with Gasteiger partial charge in [0.15, 0.2) is 11.5 Å². The number of carbonyl (C=O) groups is 1. The zero-order valence-corrected chi connectivity index (χ0v) is 16.7. The smallest absolute Gasteiger partial charge is 0.258 e. The number of hydrogen-bond donors (Lipinski definition) is 1. The summed E-state index contributed by atoms with van der Waals surface area (Å²) in [4.78, 5) is 19.4. The van der Waals surface area contributed by atoms with Crippen LogP contribution in [0.2, 0.25) is 0 Å². The molecular formula is C20H27N7O. The second-order valence-electron chi connectivity index (χ2n) is 8.03. The van der Waals surface area contributed by atoms with Crippen LogP contribution >= 0.6 is 0 Å². The van der Waals surface area contributed by atoms with Crippen molar-refractivity contribution < 1.29 is 4.79 Å². The summed E-state index contributed by atoms with van der Waals surface area (Å²) in [6.07, 6.45) is 7.46. The van der Waals surface area contributed by atoms with Crippen LogP contribution in [0.25, 0.3) is 11.0 Å². The highest BCUT2D eigenvalue weighted by atomic mass is 16.1. The standard InChI is InChI=1S/C20H27N7O/c1-14(2)13-27-19-15(12-22-27)10-16(11-21-19)20(28)23-18-6-9-26(24-18)17-4-7-25(3)8-5-17/h6,9-12,14,17H,4-5,7-8,13H2,1-3H3,(H,23,24,28). The van der Waals surface area contributed by atoms with E-state index in [1.807, 2.05) is 27.7 Å². The fraction of sp³-hybridized carbons (Fsp3) is 0.500. The van der Waals surface area contributed by atoms with E-state index in [1.54, 1.807) is 12.4 Å². The monoisotopic (exact) mass is 381 g/mol. The number of likely N-dealkylation sites (tertiary alicyclic amines) is 1. The van der Waals surface area contributed by atoms with E-state index in [9.17, 15) is 4.79 Å². The summed E-state index contributed by atoms with van der Waals surface area (Å²) < 4.78 is 3.85. The molecule has 0 spiro atoms. The molecule has 3 aromatic heterocycles. The van der Waals surface area contributed by atoms with E-state index in [2.05, 4.69) is 46.3 Å². The number of aromatic nitrogens is 5. The lowest BCUT2D eigenvalue weighted by molar-refractivity contribution is 0.102. The van der Waals surface area contributed by atoms with E-state index < -0.39 is 0 Å². The molecule has 3 aromatic rings. The molecule has 0 radical (unpaired) electrons. The summed E-state index contributed by atoms with van der Waals surface area (Å²) in [6, 6.07) is 4.07. The minimum absolute atomic E-state index is 0.209. The molecule has 8 nitrogen and oxygen atoms in total. The van der Waals surface area contributed by atoms with Gasteiger partial charge < -0.3 is 10.2 Å². The Morgan fingerprint density at radius 1 is 1.29 bits per heavy atom. The molecule has 0 aromatic carbocycles. The normalized spacial score (nSPS) is 16.1. The summed E-state index contributed by atoms with van der Waals surface area (Å²) >= 11 is 0. The van der Waals surface area contributed by atoms with Crippen molar-refractivity contribution in [3.05, 3.63) is 36.3 Å². The third kappa shape index (κ3) is 3.91. The highest BCUT2D eigenvalue weighted by Crippen LogP contribution is 2.22. The zero-order chi connectivity index (χ0) is 19.7. The lowest BCUT2D eigenvalue weighted by atomic mass is 10.1. The van der Waals surface area contributed by atoms with E-state index in [0.717, 1.165) is 43.5 Å². The fourth-order valence-corrected chi connectivity index (χ4v) is 3.63. The molecule has 28 heavy (non-hydrogen) atoms. The SMILES string of the molecule is CC(C)Cn1ncc2cc(C(=O)Nc3ccn(C4CCN(C)CC4)n3)cnc21. The van der Waals surface area contributed by atoms with E-state index in [-0.39, 0.29) is 5.91 Å². The first-order valence-corrected chi connectivity index (χ1v) is 9.86. The number of rotatable bonds is 5. The van der Waals surface area contributed by atoms with Gasteiger partial charge in [0.25, 0.3) is 5.91 Å². The molecule has 4 rings (SSSR count). The third-order valence-corrected chi connectivity index (χ3v) is 5.19. The van der Waals surface area contributed by atoms with Crippen LogP contribution in [0, 0.1) is 5.92 Å². The predicted molar refractivity (Wildman–Crippen MR) is 108 cm³/mol. The van der Waals surface area contributed by atoms with Crippen LogP contribution < -0.4 is 5.32 Å². The average Bonchev–Trinajstić information content (AvgIpc) is 3.29. The van der Waals surface area contributed by atoms with Crippen LogP contribution in [0.1, 0.15) is 43.1 Å². The van der Waals surface area contributed by atoms with Gasteiger partial charge in [0.05, 0.1) is 17.8 Å². The van der Waals surface area contributed by atoms with E-state index in [0.29, 0.717) is 23.3 Å². The fourth-order valence-electron chi connectivity index (χ4n) is 3.63. The van der Waals surface area contributed by atoms with Gasteiger partial charge >= 0.3 is 0 Å². The second-order valence-corrected chi connectivity index (χ2v) is 8.03. The van der Waals surface area contributed by atoms with Crippen molar-refractivity contribution in [2.75, 3.05) is 25.5 Å². The highest BCUT2D eigenvalue weighted by molar-refractivity contribution is 6.05. The molecule has 1 saturated heterocycles. The van der Waals surface area contributed by atoms with Crippen molar-refractivity contribution in [3.8, 4) is 0 Å². The Kier molecular flexibility index (Phi) is 5.13. The lowest BCUT2D eigenvalue weighted by Gasteiger charge is -2.28. The highest BCUT2D eigenvalue weighted by Gasteiger charge is 2.19. The van der Waals surface area contributed by atoms with Crippen molar-refractivity contribution in [3.63, 3.8) is 0 Å². The predicted octanol–water partition coefficient (Wildman–Crippen LogP) is 2.80. The third-order valence-electron chi connectivity index (χ3n) is 5.19. The lowest BCUT2D eigenvalue weighted by Crippen LogP contribution is -2.31. The Bertz CT molecular complexity index is 966. The van der Waals surface area contributed by atoms with Crippen LogP contribution in [0.5, 0.6) is 0 Å². The van der Waals surface area contributed by atoms with E-state index in [4.69, 9.17) is 0 Å². The zero-order valence-electron chi connectivity index (χ0n) is 16.7. The number of nitrogens with one attached hydrogen (secondary N) is 1. The number of fused-ring (bicyclic) bond motifs is 1. The minimum Gasteiger partial charge on any atom is -0.306 e. The Hall–Kier alpha value is -2.74. The maximum absolute atomic E-state index is 12.6. The molecule has 1 fully saturated rings. The topological polar surface area (TPSA) is 80.9 Å². The number of nitrogens with zero attached hydrogens (tertiary/aromatic N) is 6. The molecule has 0 atom stereocenters. The molecule has 0 bridgehead atoms. The van der Waals surface area contributed by atoms with Gasteiger partial charge in [0, 0.05) is 30.4 Å². The molecule has 148 valence electrons. The molecule has 0 saturated carbocycles. The van der Waals surface area contributed by atoms with Gasteiger partial charge in [-0.25, -0.2) is 9.67 Å². The number of carbonyl (C=O) groups excluding carboxylic acids is 1. The molecule has 4 heterocycles. The van der Waals surface area contributed by atoms with Gasteiger partial charge in [-0.15, -0.1) is 0 Å². The van der Waals surface area contributed by atoms with Crippen molar-refractivity contribution in [1.82, 2.24) is 29.4 Å². The molecule has 1 N–H and O–H groups in total. The first-order chi connectivity index (χ1) is 13.5. The van der Waals surface area contributed by atoms with Crippen molar-refractivity contribution in [1.29, 1.82) is 0 Å². The van der Waals surface area contributed by atoms with Gasteiger partial charge in [-0.05, 0) is 45.0 Å². The molecule has 1 aliphatic rings. The van der Waals surface area contributed by atoms with Gasteiger partial charge in [-0.2, -0.15) is 10.2 Å². The quantitative estimate of drug-likeness (QED) is 0.735. The summed E-state index contributed by atoms with van der Waals surface area (Å²) in [7, 11) is 2.14. The average molecular weight is 381 g/mol. The largest absolute Gasteiger partial charge is 0.306 e. The Morgan fingerprint density at radius 3 is 2.82 bits per heavy atom. The van der Waals surface area contributed by atoms with Crippen molar-refractivity contribution in [2.24, 2.45) is 5.92 Å². The molecule has 8 heteroatoms. The number of pyridine rings is 1. The minimum atomic E-state index is -0.209. The van der Waals surface area contributed by atoms with E-state index >= 15 is 0 Å². The number of piperidine rings is 1. The van der Waals surface area contributed by atoms with Gasteiger partial charge in [-0.1, -0.05) is 13.8 Å². The second kappa shape index (κ2) is 7.71. The van der Waals surface area contributed by atoms with Gasteiger partial charge in [0.1, 0.15) is 0 Å². The molecule has 1 amide bonds. The Labute approximate surface area is 164 Å². The summed E-state index contributed by atoms with van der Waals surface area (Å²) in [5, 5.41) is 12.7. The number of anilines is 1. The van der Waals surface area contributed by atoms with Crippen LogP contribution in [-0.4, -0.2) is 55.5 Å². The summed E-state index contributed by atoms with van der Waals surface area (Å²) in [5.41, 5.74) is 1.31. The van der Waals surface area contributed by atoms with Crippen LogP contribution in [-0.2, 0) is 6.54 Å². The molecule has 0 aliphatic carbocycles. The number of amides is 1. The molecular weight excluding hydrogens is 354 g/mol. The van der Waals surface area contributed by atoms with Crippen LogP contribution in [0.15, 0.2) is 30.7 Å². The van der Waals surface area contributed by atoms with Crippen LogP contribution in [0.4, 0.5) is 5.82 Å². The van der Waals surface area contributed by atoms with Crippen molar-refractivity contribution >= 4 is 22.8 Å². The van der Waals surface area contributed by atoms with Gasteiger partial charge in [0.2, 0.25) is 0 Å². The van der Waals surface area contributed by atoms with Gasteiger partial charge in [-0.3, -0.25) is 9.48 Å². The maximum Gasteiger partial charge on any atom is 0.258 e. The number of hydrogen-bond acceptors (Lipinski definition) is 5. The van der Waals surface area contributed by atoms with E-state index in [1.165, 1.54) is 0 Å². The van der Waals surface area contributed by atoms with Crippen LogP contribution in [0.3, 0.4) is 0 Å². The molecule has 1 aliphatic heterocycles. The first-order valence-electron chi connectivity index (χ1n) is 9.86. The molecule has 0 unspecified atom stereocenters. The summed E-state index contributed by atoms with van der Waals surface area (Å²) in [6.45, 7) is 7.22. The first kappa shape index (κ1) is 18.6. The maximum atomic E-state index is 12.6. The van der Waals surface area contributed by atoms with Crippen molar-refractivity contribution in [2.45, 2.75) is 39.3 Å². The Balaban J connectivity index is 1.45.